The molecule has 20 heavy (non-hydrogen) atoms. The van der Waals surface area contributed by atoms with Gasteiger partial charge in [0.25, 0.3) is 5.91 Å². The van der Waals surface area contributed by atoms with E-state index < -0.39 is 0 Å². The second-order valence-corrected chi connectivity index (χ2v) is 4.03. The number of anilines is 1. The summed E-state index contributed by atoms with van der Waals surface area (Å²) in [6.45, 7) is 0.371. The van der Waals surface area contributed by atoms with Crippen LogP contribution in [0.5, 0.6) is 0 Å². The summed E-state index contributed by atoms with van der Waals surface area (Å²) in [6, 6.07) is 9.07. The van der Waals surface area contributed by atoms with Gasteiger partial charge in [-0.05, 0) is 17.7 Å². The Balaban J connectivity index is 1.99. The van der Waals surface area contributed by atoms with Crippen molar-refractivity contribution in [1.82, 2.24) is 15.3 Å². The van der Waals surface area contributed by atoms with Gasteiger partial charge in [0.05, 0.1) is 24.0 Å². The fourth-order valence-corrected chi connectivity index (χ4v) is 1.57. The van der Waals surface area contributed by atoms with Gasteiger partial charge in [-0.25, -0.2) is 4.98 Å². The van der Waals surface area contributed by atoms with Gasteiger partial charge in [-0.1, -0.05) is 12.1 Å². The molecule has 0 saturated heterocycles. The zero-order chi connectivity index (χ0) is 14.4. The van der Waals surface area contributed by atoms with E-state index in [-0.39, 0.29) is 11.6 Å². The first-order valence-electron chi connectivity index (χ1n) is 6.00. The molecule has 0 fully saturated rings. The van der Waals surface area contributed by atoms with Crippen molar-refractivity contribution in [1.29, 1.82) is 5.26 Å². The molecule has 1 heterocycles. The maximum atomic E-state index is 11.9. The van der Waals surface area contributed by atoms with E-state index >= 15 is 0 Å². The number of carbonyl (C=O) groups is 1. The SMILES string of the molecule is CNc1cncc(C(=O)NCc2ccc(C#N)cc2)n1. The fourth-order valence-electron chi connectivity index (χ4n) is 1.57. The Morgan fingerprint density at radius 2 is 2.05 bits per heavy atom. The van der Waals surface area contributed by atoms with Gasteiger partial charge in [0.1, 0.15) is 11.5 Å². The van der Waals surface area contributed by atoms with Crippen LogP contribution in [-0.4, -0.2) is 22.9 Å². The smallest absolute Gasteiger partial charge is 0.271 e. The Kier molecular flexibility index (Phi) is 4.24. The van der Waals surface area contributed by atoms with Gasteiger partial charge in [-0.2, -0.15) is 5.26 Å². The van der Waals surface area contributed by atoms with E-state index in [1.54, 1.807) is 31.3 Å². The van der Waals surface area contributed by atoms with Crippen LogP contribution >= 0.6 is 0 Å². The van der Waals surface area contributed by atoms with Crippen LogP contribution in [0.25, 0.3) is 0 Å². The monoisotopic (exact) mass is 267 g/mol. The summed E-state index contributed by atoms with van der Waals surface area (Å²) in [6.07, 6.45) is 2.95. The van der Waals surface area contributed by atoms with Crippen LogP contribution in [0.1, 0.15) is 21.6 Å². The standard InChI is InChI=1S/C14H13N5O/c1-16-13-9-17-8-12(19-13)14(20)18-7-11-4-2-10(6-15)3-5-11/h2-5,8-9H,7H2,1H3,(H,16,19)(H,18,20). The highest BCUT2D eigenvalue weighted by Crippen LogP contribution is 2.04. The number of nitrogens with zero attached hydrogens (tertiary/aromatic N) is 3. The lowest BCUT2D eigenvalue weighted by molar-refractivity contribution is 0.0945. The lowest BCUT2D eigenvalue weighted by Crippen LogP contribution is -2.24. The van der Waals surface area contributed by atoms with Crippen LogP contribution in [-0.2, 0) is 6.54 Å². The van der Waals surface area contributed by atoms with E-state index in [9.17, 15) is 4.79 Å². The summed E-state index contributed by atoms with van der Waals surface area (Å²) in [5, 5.41) is 14.3. The van der Waals surface area contributed by atoms with Crippen molar-refractivity contribution < 1.29 is 4.79 Å². The van der Waals surface area contributed by atoms with Crippen LogP contribution in [0.2, 0.25) is 0 Å². The summed E-state index contributed by atoms with van der Waals surface area (Å²) in [4.78, 5) is 19.9. The third-order valence-corrected chi connectivity index (χ3v) is 2.66. The van der Waals surface area contributed by atoms with Crippen LogP contribution in [0.15, 0.2) is 36.7 Å². The number of hydrogen-bond donors (Lipinski definition) is 2. The van der Waals surface area contributed by atoms with Crippen molar-refractivity contribution in [2.24, 2.45) is 0 Å². The molecule has 0 saturated carbocycles. The quantitative estimate of drug-likeness (QED) is 0.871. The Morgan fingerprint density at radius 1 is 1.30 bits per heavy atom. The molecule has 2 N–H and O–H groups in total. The first-order chi connectivity index (χ1) is 9.72. The molecule has 6 heteroatoms. The summed E-state index contributed by atoms with van der Waals surface area (Å²) >= 11 is 0. The minimum atomic E-state index is -0.293. The lowest BCUT2D eigenvalue weighted by Gasteiger charge is -2.06. The molecule has 0 radical (unpaired) electrons. The Hall–Kier alpha value is -2.94. The van der Waals surface area contributed by atoms with Crippen LogP contribution in [0.3, 0.4) is 0 Å². The van der Waals surface area contributed by atoms with E-state index in [2.05, 4.69) is 20.6 Å². The maximum absolute atomic E-state index is 11.9. The molecule has 6 nitrogen and oxygen atoms in total. The molecule has 0 unspecified atom stereocenters. The molecule has 0 bridgehead atoms. The molecule has 0 spiro atoms. The number of amides is 1. The van der Waals surface area contributed by atoms with Gasteiger partial charge in [0.2, 0.25) is 0 Å². The Labute approximate surface area is 116 Å². The van der Waals surface area contributed by atoms with Gasteiger partial charge in [0.15, 0.2) is 0 Å². The van der Waals surface area contributed by atoms with Crippen molar-refractivity contribution in [3.05, 3.63) is 53.5 Å². The first kappa shape index (κ1) is 13.5. The molecule has 2 aromatic rings. The number of aromatic nitrogens is 2. The van der Waals surface area contributed by atoms with Gasteiger partial charge >= 0.3 is 0 Å². The molecular formula is C14H13N5O. The topological polar surface area (TPSA) is 90.7 Å². The van der Waals surface area contributed by atoms with E-state index in [0.717, 1.165) is 5.56 Å². The maximum Gasteiger partial charge on any atom is 0.271 e. The van der Waals surface area contributed by atoms with Gasteiger partial charge in [-0.15, -0.1) is 0 Å². The summed E-state index contributed by atoms with van der Waals surface area (Å²) in [7, 11) is 1.71. The average molecular weight is 267 g/mol. The fraction of sp³-hybridized carbons (Fsp3) is 0.143. The Morgan fingerprint density at radius 3 is 2.70 bits per heavy atom. The first-order valence-corrected chi connectivity index (χ1v) is 6.00. The zero-order valence-electron chi connectivity index (χ0n) is 10.9. The molecule has 1 amide bonds. The minimum Gasteiger partial charge on any atom is -0.372 e. The van der Waals surface area contributed by atoms with Crippen LogP contribution in [0.4, 0.5) is 5.82 Å². The Bertz CT molecular complexity index is 645. The summed E-state index contributed by atoms with van der Waals surface area (Å²) < 4.78 is 0. The second kappa shape index (κ2) is 6.29. The summed E-state index contributed by atoms with van der Waals surface area (Å²) in [5.41, 5.74) is 1.76. The predicted octanol–water partition coefficient (Wildman–Crippen LogP) is 1.32. The minimum absolute atomic E-state index is 0.255. The molecule has 100 valence electrons. The van der Waals surface area contributed by atoms with Crippen molar-refractivity contribution >= 4 is 11.7 Å². The summed E-state index contributed by atoms with van der Waals surface area (Å²) in [5.74, 6) is 0.245. The van der Waals surface area contributed by atoms with E-state index in [0.29, 0.717) is 17.9 Å². The molecule has 0 aliphatic heterocycles. The third kappa shape index (κ3) is 3.29. The molecule has 1 aromatic heterocycles. The average Bonchev–Trinajstić information content (AvgIpc) is 2.53. The molecule has 0 atom stereocenters. The van der Waals surface area contributed by atoms with Crippen molar-refractivity contribution in [3.8, 4) is 6.07 Å². The number of nitrogens with one attached hydrogen (secondary N) is 2. The van der Waals surface area contributed by atoms with Crippen LogP contribution in [0, 0.1) is 11.3 Å². The number of nitriles is 1. The molecule has 2 rings (SSSR count). The molecule has 0 aliphatic rings. The molecular weight excluding hydrogens is 254 g/mol. The van der Waals surface area contributed by atoms with Gasteiger partial charge in [0, 0.05) is 13.6 Å². The van der Waals surface area contributed by atoms with Crippen molar-refractivity contribution in [3.63, 3.8) is 0 Å². The van der Waals surface area contributed by atoms with Crippen LogP contribution < -0.4 is 10.6 Å². The lowest BCUT2D eigenvalue weighted by atomic mass is 10.1. The van der Waals surface area contributed by atoms with E-state index in [1.165, 1.54) is 12.4 Å². The highest BCUT2D eigenvalue weighted by atomic mass is 16.1. The molecule has 1 aromatic carbocycles. The van der Waals surface area contributed by atoms with Gasteiger partial charge < -0.3 is 10.6 Å². The van der Waals surface area contributed by atoms with Crippen molar-refractivity contribution in [2.75, 3.05) is 12.4 Å². The van der Waals surface area contributed by atoms with E-state index in [4.69, 9.17) is 5.26 Å². The second-order valence-electron chi connectivity index (χ2n) is 4.03. The number of carbonyl (C=O) groups excluding carboxylic acids is 1. The van der Waals surface area contributed by atoms with Crippen molar-refractivity contribution in [2.45, 2.75) is 6.54 Å². The number of hydrogen-bond acceptors (Lipinski definition) is 5. The van der Waals surface area contributed by atoms with E-state index in [1.807, 2.05) is 6.07 Å². The largest absolute Gasteiger partial charge is 0.372 e. The number of benzene rings is 1. The number of rotatable bonds is 4. The third-order valence-electron chi connectivity index (χ3n) is 2.66. The highest BCUT2D eigenvalue weighted by Gasteiger charge is 2.08. The molecule has 0 aliphatic carbocycles. The van der Waals surface area contributed by atoms with Gasteiger partial charge in [-0.3, -0.25) is 9.78 Å². The zero-order valence-corrected chi connectivity index (χ0v) is 10.9. The normalized spacial score (nSPS) is 9.60. The highest BCUT2D eigenvalue weighted by molar-refractivity contribution is 5.92. The predicted molar refractivity (Wildman–Crippen MR) is 73.9 cm³/mol.